The van der Waals surface area contributed by atoms with Gasteiger partial charge in [0.2, 0.25) is 0 Å². The van der Waals surface area contributed by atoms with Crippen molar-refractivity contribution in [3.8, 4) is 11.5 Å². The smallest absolute Gasteiger partial charge is 0.127 e. The summed E-state index contributed by atoms with van der Waals surface area (Å²) in [6, 6.07) is 12.6. The van der Waals surface area contributed by atoms with Crippen LogP contribution < -0.4 is 4.74 Å². The van der Waals surface area contributed by atoms with E-state index < -0.39 is 6.10 Å². The van der Waals surface area contributed by atoms with Gasteiger partial charge in [-0.2, -0.15) is 0 Å². The number of aliphatic hydroxyl groups excluding tert-OH is 1. The summed E-state index contributed by atoms with van der Waals surface area (Å²) in [6.45, 7) is 0. The number of fused-ring (bicyclic) bond motifs is 1. The molecule has 2 unspecified atom stereocenters. The summed E-state index contributed by atoms with van der Waals surface area (Å²) in [7, 11) is 0. The maximum Gasteiger partial charge on any atom is 0.127 e. The number of hydrogen-bond donors (Lipinski definition) is 2. The molecule has 0 aliphatic carbocycles. The molecule has 3 rings (SSSR count). The second kappa shape index (κ2) is 4.87. The molecule has 0 amide bonds. The van der Waals surface area contributed by atoms with Crippen LogP contribution in [-0.4, -0.2) is 10.2 Å². The zero-order valence-electron chi connectivity index (χ0n) is 10.1. The molecule has 2 aromatic carbocycles. The number of phenols is 1. The van der Waals surface area contributed by atoms with Crippen molar-refractivity contribution < 1.29 is 14.9 Å². The van der Waals surface area contributed by atoms with Crippen LogP contribution in [0.25, 0.3) is 0 Å². The summed E-state index contributed by atoms with van der Waals surface area (Å²) in [4.78, 5) is 0. The van der Waals surface area contributed by atoms with Gasteiger partial charge in [-0.1, -0.05) is 34.1 Å². The standard InChI is InChI=1S/C15H13BrO3/c16-10-4-5-12-13(18)8-14(19-15(12)7-10)9-2-1-3-11(17)6-9/h1-7,13-14,17-18H,8H2. The van der Waals surface area contributed by atoms with Crippen LogP contribution in [0.2, 0.25) is 0 Å². The first-order valence-corrected chi connectivity index (χ1v) is 6.86. The van der Waals surface area contributed by atoms with Crippen LogP contribution in [0.3, 0.4) is 0 Å². The number of ether oxygens (including phenoxy) is 1. The molecule has 1 aliphatic rings. The third-order valence-corrected chi connectivity index (χ3v) is 3.78. The van der Waals surface area contributed by atoms with Crippen molar-refractivity contribution in [1.29, 1.82) is 0 Å². The van der Waals surface area contributed by atoms with E-state index in [1.165, 1.54) is 0 Å². The van der Waals surface area contributed by atoms with Crippen molar-refractivity contribution >= 4 is 15.9 Å². The minimum atomic E-state index is -0.552. The van der Waals surface area contributed by atoms with Crippen molar-refractivity contribution in [3.05, 3.63) is 58.1 Å². The van der Waals surface area contributed by atoms with E-state index in [4.69, 9.17) is 4.74 Å². The van der Waals surface area contributed by atoms with E-state index in [2.05, 4.69) is 15.9 Å². The normalized spacial score (nSPS) is 21.6. The Balaban J connectivity index is 1.96. The highest BCUT2D eigenvalue weighted by molar-refractivity contribution is 9.10. The van der Waals surface area contributed by atoms with Gasteiger partial charge in [0.15, 0.2) is 0 Å². The second-order valence-electron chi connectivity index (χ2n) is 4.64. The highest BCUT2D eigenvalue weighted by atomic mass is 79.9. The third kappa shape index (κ3) is 2.46. The Morgan fingerprint density at radius 2 is 2.00 bits per heavy atom. The number of hydrogen-bond acceptors (Lipinski definition) is 3. The molecule has 1 heterocycles. The first-order chi connectivity index (χ1) is 9.13. The predicted molar refractivity (Wildman–Crippen MR) is 75.2 cm³/mol. The Labute approximate surface area is 119 Å². The Hall–Kier alpha value is -1.52. The summed E-state index contributed by atoms with van der Waals surface area (Å²) < 4.78 is 6.84. The average molecular weight is 321 g/mol. The van der Waals surface area contributed by atoms with Crippen LogP contribution in [-0.2, 0) is 0 Å². The van der Waals surface area contributed by atoms with E-state index in [1.807, 2.05) is 24.3 Å². The quantitative estimate of drug-likeness (QED) is 0.842. The SMILES string of the molecule is Oc1cccc(C2CC(O)c3ccc(Br)cc3O2)c1. The maximum absolute atomic E-state index is 10.2. The van der Waals surface area contributed by atoms with Gasteiger partial charge in [-0.25, -0.2) is 0 Å². The number of phenolic OH excluding ortho intramolecular Hbond substituents is 1. The molecule has 2 N–H and O–H groups in total. The molecule has 0 saturated heterocycles. The highest BCUT2D eigenvalue weighted by Gasteiger charge is 2.28. The lowest BCUT2D eigenvalue weighted by molar-refractivity contribution is 0.0655. The van der Waals surface area contributed by atoms with Crippen molar-refractivity contribution in [2.45, 2.75) is 18.6 Å². The molecule has 2 atom stereocenters. The Morgan fingerprint density at radius 1 is 1.16 bits per heavy atom. The van der Waals surface area contributed by atoms with Gasteiger partial charge in [0.05, 0.1) is 6.10 Å². The molecular weight excluding hydrogens is 308 g/mol. The molecule has 1 aliphatic heterocycles. The fourth-order valence-electron chi connectivity index (χ4n) is 2.35. The van der Waals surface area contributed by atoms with E-state index in [0.717, 1.165) is 15.6 Å². The average Bonchev–Trinajstić information content (AvgIpc) is 2.38. The molecule has 0 bridgehead atoms. The highest BCUT2D eigenvalue weighted by Crippen LogP contribution is 2.42. The zero-order valence-corrected chi connectivity index (χ0v) is 11.7. The molecular formula is C15H13BrO3. The van der Waals surface area contributed by atoms with Gasteiger partial charge in [-0.05, 0) is 29.8 Å². The summed E-state index contributed by atoms with van der Waals surface area (Å²) in [6.07, 6.45) is -0.314. The summed E-state index contributed by atoms with van der Waals surface area (Å²) in [5.41, 5.74) is 1.67. The van der Waals surface area contributed by atoms with E-state index in [1.54, 1.807) is 18.2 Å². The molecule has 3 nitrogen and oxygen atoms in total. The maximum atomic E-state index is 10.2. The molecule has 19 heavy (non-hydrogen) atoms. The number of aromatic hydroxyl groups is 1. The number of aliphatic hydroxyl groups is 1. The first-order valence-electron chi connectivity index (χ1n) is 6.06. The summed E-state index contributed by atoms with van der Waals surface area (Å²) >= 11 is 3.40. The third-order valence-electron chi connectivity index (χ3n) is 3.28. The van der Waals surface area contributed by atoms with Crippen LogP contribution in [0.5, 0.6) is 11.5 Å². The predicted octanol–water partition coefficient (Wildman–Crippen LogP) is 3.71. The first kappa shape index (κ1) is 12.5. The van der Waals surface area contributed by atoms with E-state index in [-0.39, 0.29) is 11.9 Å². The van der Waals surface area contributed by atoms with Crippen molar-refractivity contribution in [2.24, 2.45) is 0 Å². The van der Waals surface area contributed by atoms with Crippen LogP contribution in [0.1, 0.15) is 29.8 Å². The minimum absolute atomic E-state index is 0.204. The van der Waals surface area contributed by atoms with Crippen LogP contribution in [0.4, 0.5) is 0 Å². The summed E-state index contributed by atoms with van der Waals surface area (Å²) in [5, 5.41) is 19.7. The van der Waals surface area contributed by atoms with Gasteiger partial charge < -0.3 is 14.9 Å². The van der Waals surface area contributed by atoms with Gasteiger partial charge in [0.1, 0.15) is 17.6 Å². The molecule has 0 aromatic heterocycles. The number of benzene rings is 2. The van der Waals surface area contributed by atoms with E-state index in [0.29, 0.717) is 12.2 Å². The van der Waals surface area contributed by atoms with E-state index in [9.17, 15) is 10.2 Å². The number of halogens is 1. The number of rotatable bonds is 1. The van der Waals surface area contributed by atoms with Gasteiger partial charge >= 0.3 is 0 Å². The van der Waals surface area contributed by atoms with Gasteiger partial charge in [-0.15, -0.1) is 0 Å². The van der Waals surface area contributed by atoms with Crippen molar-refractivity contribution in [2.75, 3.05) is 0 Å². The molecule has 4 heteroatoms. The largest absolute Gasteiger partial charge is 0.508 e. The molecule has 0 spiro atoms. The fourth-order valence-corrected chi connectivity index (χ4v) is 2.69. The topological polar surface area (TPSA) is 49.7 Å². The Morgan fingerprint density at radius 3 is 2.79 bits per heavy atom. The molecule has 2 aromatic rings. The lowest BCUT2D eigenvalue weighted by Crippen LogP contribution is -2.18. The zero-order chi connectivity index (χ0) is 13.4. The van der Waals surface area contributed by atoms with Crippen molar-refractivity contribution in [3.63, 3.8) is 0 Å². The second-order valence-corrected chi connectivity index (χ2v) is 5.55. The van der Waals surface area contributed by atoms with Gasteiger partial charge in [0, 0.05) is 16.5 Å². The van der Waals surface area contributed by atoms with Crippen LogP contribution in [0, 0.1) is 0 Å². The van der Waals surface area contributed by atoms with E-state index >= 15 is 0 Å². The fraction of sp³-hybridized carbons (Fsp3) is 0.200. The van der Waals surface area contributed by atoms with Crippen molar-refractivity contribution in [1.82, 2.24) is 0 Å². The minimum Gasteiger partial charge on any atom is -0.508 e. The lowest BCUT2D eigenvalue weighted by atomic mass is 9.95. The molecule has 0 radical (unpaired) electrons. The lowest BCUT2D eigenvalue weighted by Gasteiger charge is -2.30. The molecule has 0 saturated carbocycles. The Bertz CT molecular complexity index is 612. The van der Waals surface area contributed by atoms with Gasteiger partial charge in [0.25, 0.3) is 0 Å². The molecule has 0 fully saturated rings. The molecule has 98 valence electrons. The monoisotopic (exact) mass is 320 g/mol. The van der Waals surface area contributed by atoms with Crippen LogP contribution in [0.15, 0.2) is 46.9 Å². The van der Waals surface area contributed by atoms with Gasteiger partial charge in [-0.3, -0.25) is 0 Å². The van der Waals surface area contributed by atoms with Crippen LogP contribution >= 0.6 is 15.9 Å². The summed E-state index contributed by atoms with van der Waals surface area (Å²) in [5.74, 6) is 0.886. The Kier molecular flexibility index (Phi) is 3.21.